The highest BCUT2D eigenvalue weighted by atomic mass is 16.6. The second-order valence-electron chi connectivity index (χ2n) is 6.95. The van der Waals surface area contributed by atoms with Gasteiger partial charge in [0.25, 0.3) is 5.69 Å². The second kappa shape index (κ2) is 6.06. The highest BCUT2D eigenvalue weighted by Crippen LogP contribution is 2.29. The van der Waals surface area contributed by atoms with Crippen molar-refractivity contribution in [1.82, 2.24) is 4.90 Å². The molecule has 0 bridgehead atoms. The van der Waals surface area contributed by atoms with Crippen molar-refractivity contribution in [3.63, 3.8) is 0 Å². The number of carbonyl (C=O) groups is 1. The van der Waals surface area contributed by atoms with Gasteiger partial charge in [0, 0.05) is 25.1 Å². The molecule has 0 N–H and O–H groups in total. The van der Waals surface area contributed by atoms with Gasteiger partial charge < -0.3 is 14.4 Å². The largest absolute Gasteiger partial charge is 0.486 e. The van der Waals surface area contributed by atoms with Gasteiger partial charge >= 0.3 is 6.09 Å². The number of non-ortho nitro benzene ring substituents is 1. The van der Waals surface area contributed by atoms with Crippen molar-refractivity contribution in [2.75, 3.05) is 13.1 Å². The lowest BCUT2D eigenvalue weighted by Gasteiger charge is -2.28. The van der Waals surface area contributed by atoms with E-state index in [0.29, 0.717) is 25.3 Å². The smallest absolute Gasteiger partial charge is 0.410 e. The minimum atomic E-state index is -0.535. The molecule has 7 heteroatoms. The Bertz CT molecular complexity index is 593. The van der Waals surface area contributed by atoms with Crippen LogP contribution in [0.25, 0.3) is 0 Å². The van der Waals surface area contributed by atoms with E-state index >= 15 is 0 Å². The predicted molar refractivity (Wildman–Crippen MR) is 84.6 cm³/mol. The molecule has 23 heavy (non-hydrogen) atoms. The number of nitro benzene ring substituents is 1. The van der Waals surface area contributed by atoms with Gasteiger partial charge in [0.05, 0.1) is 11.5 Å². The molecular formula is C16H22N2O5. The van der Waals surface area contributed by atoms with E-state index in [9.17, 15) is 14.9 Å². The van der Waals surface area contributed by atoms with Gasteiger partial charge in [-0.2, -0.15) is 0 Å². The minimum absolute atomic E-state index is 0.0179. The summed E-state index contributed by atoms with van der Waals surface area (Å²) in [4.78, 5) is 23.9. The molecule has 1 atom stereocenters. The summed E-state index contributed by atoms with van der Waals surface area (Å²) in [6, 6.07) is 5.94. The number of nitro groups is 1. The highest BCUT2D eigenvalue weighted by Gasteiger charge is 2.39. The van der Waals surface area contributed by atoms with Gasteiger partial charge in [0.15, 0.2) is 0 Å². The average Bonchev–Trinajstić information content (AvgIpc) is 2.80. The van der Waals surface area contributed by atoms with Crippen LogP contribution in [0.4, 0.5) is 10.5 Å². The first-order valence-electron chi connectivity index (χ1n) is 7.49. The van der Waals surface area contributed by atoms with Crippen LogP contribution in [0.5, 0.6) is 5.75 Å². The number of carbonyl (C=O) groups excluding carboxylic acids is 1. The Morgan fingerprint density at radius 2 is 1.91 bits per heavy atom. The number of nitrogens with zero attached hydrogens (tertiary/aromatic N) is 2. The van der Waals surface area contributed by atoms with Crippen LogP contribution in [0, 0.1) is 10.1 Å². The summed E-state index contributed by atoms with van der Waals surface area (Å²) in [7, 11) is 0. The van der Waals surface area contributed by atoms with Gasteiger partial charge in [-0.25, -0.2) is 4.79 Å². The van der Waals surface area contributed by atoms with Gasteiger partial charge in [-0.1, -0.05) is 0 Å². The Morgan fingerprint density at radius 3 is 2.43 bits per heavy atom. The third-order valence-electron chi connectivity index (χ3n) is 3.50. The van der Waals surface area contributed by atoms with Crippen molar-refractivity contribution in [1.29, 1.82) is 0 Å². The van der Waals surface area contributed by atoms with E-state index in [1.54, 1.807) is 17.0 Å². The molecule has 1 amide bonds. The molecule has 1 heterocycles. The third-order valence-corrected chi connectivity index (χ3v) is 3.50. The highest BCUT2D eigenvalue weighted by molar-refractivity contribution is 5.68. The zero-order valence-corrected chi connectivity index (χ0v) is 13.9. The number of rotatable bonds is 3. The van der Waals surface area contributed by atoms with E-state index in [1.807, 2.05) is 27.7 Å². The molecule has 0 aliphatic carbocycles. The summed E-state index contributed by atoms with van der Waals surface area (Å²) in [5.74, 6) is 0.545. The molecule has 0 aromatic heterocycles. The van der Waals surface area contributed by atoms with Crippen LogP contribution in [-0.4, -0.2) is 40.2 Å². The van der Waals surface area contributed by atoms with Crippen LogP contribution < -0.4 is 4.74 Å². The molecule has 0 radical (unpaired) electrons. The maximum absolute atomic E-state index is 12.1. The van der Waals surface area contributed by atoms with Crippen LogP contribution in [0.1, 0.15) is 34.1 Å². The fourth-order valence-electron chi connectivity index (χ4n) is 2.42. The van der Waals surface area contributed by atoms with E-state index in [1.165, 1.54) is 12.1 Å². The molecule has 2 rings (SSSR count). The van der Waals surface area contributed by atoms with Crippen molar-refractivity contribution in [2.45, 2.75) is 45.3 Å². The second-order valence-corrected chi connectivity index (χ2v) is 6.95. The van der Waals surface area contributed by atoms with E-state index in [-0.39, 0.29) is 11.8 Å². The van der Waals surface area contributed by atoms with E-state index < -0.39 is 16.1 Å². The number of ether oxygens (including phenoxy) is 2. The fraction of sp³-hybridized carbons (Fsp3) is 0.562. The normalized spacial score (nSPS) is 21.1. The van der Waals surface area contributed by atoms with Crippen LogP contribution >= 0.6 is 0 Å². The van der Waals surface area contributed by atoms with E-state index in [2.05, 4.69) is 0 Å². The quantitative estimate of drug-likeness (QED) is 0.629. The Balaban J connectivity index is 1.98. The third kappa shape index (κ3) is 4.58. The van der Waals surface area contributed by atoms with E-state index in [4.69, 9.17) is 9.47 Å². The van der Waals surface area contributed by atoms with Crippen LogP contribution in [0.3, 0.4) is 0 Å². The molecule has 0 spiro atoms. The Kier molecular flexibility index (Phi) is 4.49. The standard InChI is InChI=1S/C16H22N2O5/c1-15(2,3)23-14(19)17-10-9-16(4,11-17)22-13-7-5-12(6-8-13)18(20)21/h5-8H,9-11H2,1-4H3. The summed E-state index contributed by atoms with van der Waals surface area (Å²) in [5, 5.41) is 10.7. The maximum atomic E-state index is 12.1. The first-order chi connectivity index (χ1) is 10.6. The van der Waals surface area contributed by atoms with Crippen LogP contribution in [0.2, 0.25) is 0 Å². The SMILES string of the molecule is CC(C)(C)OC(=O)N1CCC(C)(Oc2ccc([N+](=O)[O-])cc2)C1. The number of hydrogen-bond donors (Lipinski definition) is 0. The first-order valence-corrected chi connectivity index (χ1v) is 7.49. The monoisotopic (exact) mass is 322 g/mol. The zero-order chi connectivity index (χ0) is 17.3. The van der Waals surface area contributed by atoms with Gasteiger partial charge in [-0.05, 0) is 39.8 Å². The van der Waals surface area contributed by atoms with Crippen molar-refractivity contribution in [2.24, 2.45) is 0 Å². The van der Waals surface area contributed by atoms with Gasteiger partial charge in [-0.3, -0.25) is 10.1 Å². The minimum Gasteiger partial charge on any atom is -0.486 e. The van der Waals surface area contributed by atoms with Crippen LogP contribution in [0.15, 0.2) is 24.3 Å². The van der Waals surface area contributed by atoms with Gasteiger partial charge in [0.1, 0.15) is 17.0 Å². The molecule has 1 aromatic rings. The molecule has 1 aliphatic rings. The summed E-state index contributed by atoms with van der Waals surface area (Å²) in [6.07, 6.45) is 0.317. The summed E-state index contributed by atoms with van der Waals surface area (Å²) in [5.41, 5.74) is -1.05. The Morgan fingerprint density at radius 1 is 1.30 bits per heavy atom. The Labute approximate surface area is 135 Å². The topological polar surface area (TPSA) is 81.9 Å². The molecule has 1 saturated heterocycles. The lowest BCUT2D eigenvalue weighted by atomic mass is 10.1. The van der Waals surface area contributed by atoms with Crippen molar-refractivity contribution < 1.29 is 19.2 Å². The molecule has 1 aliphatic heterocycles. The predicted octanol–water partition coefficient (Wildman–Crippen LogP) is 3.37. The molecule has 7 nitrogen and oxygen atoms in total. The van der Waals surface area contributed by atoms with Gasteiger partial charge in [0.2, 0.25) is 0 Å². The molecule has 1 aromatic carbocycles. The molecule has 0 saturated carbocycles. The maximum Gasteiger partial charge on any atom is 0.410 e. The summed E-state index contributed by atoms with van der Waals surface area (Å²) in [6.45, 7) is 8.37. The number of likely N-dealkylation sites (tertiary alicyclic amines) is 1. The lowest BCUT2D eigenvalue weighted by Crippen LogP contribution is -2.40. The number of benzene rings is 1. The molecule has 1 unspecified atom stereocenters. The first kappa shape index (κ1) is 17.1. The van der Waals surface area contributed by atoms with E-state index in [0.717, 1.165) is 0 Å². The van der Waals surface area contributed by atoms with Crippen LogP contribution in [-0.2, 0) is 4.74 Å². The summed E-state index contributed by atoms with van der Waals surface area (Å²) >= 11 is 0. The average molecular weight is 322 g/mol. The van der Waals surface area contributed by atoms with Crippen molar-refractivity contribution >= 4 is 11.8 Å². The zero-order valence-electron chi connectivity index (χ0n) is 13.9. The number of amides is 1. The van der Waals surface area contributed by atoms with Crippen molar-refractivity contribution in [3.8, 4) is 5.75 Å². The summed E-state index contributed by atoms with van der Waals surface area (Å²) < 4.78 is 11.3. The van der Waals surface area contributed by atoms with Crippen molar-refractivity contribution in [3.05, 3.63) is 34.4 Å². The van der Waals surface area contributed by atoms with Gasteiger partial charge in [-0.15, -0.1) is 0 Å². The number of hydrogen-bond acceptors (Lipinski definition) is 5. The fourth-order valence-corrected chi connectivity index (χ4v) is 2.42. The Hall–Kier alpha value is -2.31. The molecular weight excluding hydrogens is 300 g/mol. The lowest BCUT2D eigenvalue weighted by molar-refractivity contribution is -0.384. The molecule has 126 valence electrons. The molecule has 1 fully saturated rings.